The molecule has 102 valence electrons. The number of aromatic nitrogens is 2. The summed E-state index contributed by atoms with van der Waals surface area (Å²) in [5, 5.41) is 3.62. The van der Waals surface area contributed by atoms with Gasteiger partial charge >= 0.3 is 5.69 Å². The Hall–Kier alpha value is -1.56. The Balaban J connectivity index is 2.10. The van der Waals surface area contributed by atoms with Gasteiger partial charge in [0.25, 0.3) is 5.56 Å². The molecule has 3 rings (SSSR count). The zero-order valence-electron chi connectivity index (χ0n) is 10.0. The Bertz CT molecular complexity index is 911. The highest BCUT2D eigenvalue weighted by atomic mass is 35.5. The molecule has 0 aliphatic heterocycles. The van der Waals surface area contributed by atoms with Crippen molar-refractivity contribution >= 4 is 44.6 Å². The molecule has 0 amide bonds. The van der Waals surface area contributed by atoms with Crippen LogP contribution in [0.2, 0.25) is 10.0 Å². The minimum Gasteiger partial charge on any atom is -0.295 e. The number of halogens is 2. The number of nitrogens with zero attached hydrogens (tertiary/aromatic N) is 1. The summed E-state index contributed by atoms with van der Waals surface area (Å²) in [6.45, 7) is 0.329. The molecular weight excluding hydrogens is 319 g/mol. The largest absolute Gasteiger partial charge is 0.328 e. The van der Waals surface area contributed by atoms with Gasteiger partial charge in [-0.1, -0.05) is 35.3 Å². The lowest BCUT2D eigenvalue weighted by Gasteiger charge is -2.04. The molecule has 0 aliphatic rings. The third-order valence-electron chi connectivity index (χ3n) is 2.94. The fraction of sp³-hybridized carbons (Fsp3) is 0.0769. The average Bonchev–Trinajstić information content (AvgIpc) is 2.81. The minimum absolute atomic E-state index is 0.0119. The van der Waals surface area contributed by atoms with Gasteiger partial charge in [-0.25, -0.2) is 4.79 Å². The lowest BCUT2D eigenvalue weighted by molar-refractivity contribution is 0.725. The van der Waals surface area contributed by atoms with E-state index in [0.717, 1.165) is 15.6 Å². The number of hydrogen-bond donors (Lipinski definition) is 1. The summed E-state index contributed by atoms with van der Waals surface area (Å²) < 4.78 is 2.35. The highest BCUT2D eigenvalue weighted by molar-refractivity contribution is 7.18. The van der Waals surface area contributed by atoms with E-state index in [-0.39, 0.29) is 5.02 Å². The Kier molecular flexibility index (Phi) is 3.41. The van der Waals surface area contributed by atoms with Crippen LogP contribution in [0.4, 0.5) is 0 Å². The van der Waals surface area contributed by atoms with Crippen molar-refractivity contribution in [2.45, 2.75) is 6.54 Å². The fourth-order valence-electron chi connectivity index (χ4n) is 1.98. The molecule has 0 saturated carbocycles. The molecule has 0 aliphatic carbocycles. The van der Waals surface area contributed by atoms with Gasteiger partial charge in [0.2, 0.25) is 0 Å². The van der Waals surface area contributed by atoms with E-state index in [0.29, 0.717) is 11.6 Å². The smallest absolute Gasteiger partial charge is 0.295 e. The van der Waals surface area contributed by atoms with E-state index < -0.39 is 11.2 Å². The van der Waals surface area contributed by atoms with Crippen LogP contribution >= 0.6 is 34.5 Å². The van der Waals surface area contributed by atoms with Crippen LogP contribution < -0.4 is 11.2 Å². The van der Waals surface area contributed by atoms with E-state index in [1.54, 1.807) is 0 Å². The van der Waals surface area contributed by atoms with Gasteiger partial charge in [0.1, 0.15) is 5.02 Å². The molecule has 0 atom stereocenters. The van der Waals surface area contributed by atoms with Crippen LogP contribution in [0.3, 0.4) is 0 Å². The third-order valence-corrected chi connectivity index (χ3v) is 4.71. The molecule has 0 spiro atoms. The van der Waals surface area contributed by atoms with Crippen molar-refractivity contribution in [3.05, 3.63) is 66.2 Å². The molecule has 2 aromatic heterocycles. The van der Waals surface area contributed by atoms with Crippen LogP contribution in [0.5, 0.6) is 0 Å². The van der Waals surface area contributed by atoms with E-state index in [1.165, 1.54) is 22.1 Å². The van der Waals surface area contributed by atoms with Crippen molar-refractivity contribution in [1.29, 1.82) is 0 Å². The topological polar surface area (TPSA) is 54.9 Å². The number of H-pyrrole nitrogens is 1. The first-order valence-electron chi connectivity index (χ1n) is 5.70. The van der Waals surface area contributed by atoms with Crippen LogP contribution in [-0.4, -0.2) is 9.55 Å². The Labute approximate surface area is 127 Å². The van der Waals surface area contributed by atoms with E-state index in [2.05, 4.69) is 4.98 Å². The summed E-state index contributed by atoms with van der Waals surface area (Å²) in [7, 11) is 0. The van der Waals surface area contributed by atoms with Crippen molar-refractivity contribution in [2.24, 2.45) is 0 Å². The number of benzene rings is 1. The maximum absolute atomic E-state index is 11.7. The Morgan fingerprint density at radius 1 is 1.20 bits per heavy atom. The molecule has 3 aromatic rings. The van der Waals surface area contributed by atoms with Gasteiger partial charge < -0.3 is 0 Å². The standard InChI is InChI=1S/C13H8Cl2N2O2S/c14-9-3-1-2-8-7(6-20-11(8)9)4-17-5-10(15)12(18)16-13(17)19/h1-3,5-6H,4H2,(H,16,18,19). The van der Waals surface area contributed by atoms with Crippen LogP contribution in [0, 0.1) is 0 Å². The Morgan fingerprint density at radius 2 is 2.00 bits per heavy atom. The molecule has 1 aromatic carbocycles. The van der Waals surface area contributed by atoms with Crippen LogP contribution in [0.15, 0.2) is 39.4 Å². The molecule has 7 heteroatoms. The molecule has 20 heavy (non-hydrogen) atoms. The molecular formula is C13H8Cl2N2O2S. The first-order valence-corrected chi connectivity index (χ1v) is 7.33. The van der Waals surface area contributed by atoms with Crippen molar-refractivity contribution < 1.29 is 0 Å². The molecule has 0 saturated heterocycles. The lowest BCUT2D eigenvalue weighted by atomic mass is 10.2. The lowest BCUT2D eigenvalue weighted by Crippen LogP contribution is -2.29. The zero-order valence-corrected chi connectivity index (χ0v) is 12.4. The van der Waals surface area contributed by atoms with Crippen LogP contribution in [0.1, 0.15) is 5.56 Å². The van der Waals surface area contributed by atoms with Gasteiger partial charge in [-0.3, -0.25) is 14.3 Å². The van der Waals surface area contributed by atoms with Crippen LogP contribution in [0.25, 0.3) is 10.1 Å². The predicted octanol–water partition coefficient (Wildman–Crippen LogP) is 3.11. The third kappa shape index (κ3) is 2.28. The highest BCUT2D eigenvalue weighted by Gasteiger charge is 2.09. The van der Waals surface area contributed by atoms with E-state index >= 15 is 0 Å². The first kappa shape index (κ1) is 13.4. The van der Waals surface area contributed by atoms with Crippen LogP contribution in [-0.2, 0) is 6.54 Å². The second-order valence-corrected chi connectivity index (χ2v) is 5.94. The zero-order chi connectivity index (χ0) is 14.3. The number of aromatic amines is 1. The van der Waals surface area contributed by atoms with Crippen molar-refractivity contribution in [3.8, 4) is 0 Å². The number of thiophene rings is 1. The highest BCUT2D eigenvalue weighted by Crippen LogP contribution is 2.32. The summed E-state index contributed by atoms with van der Waals surface area (Å²) in [4.78, 5) is 25.2. The molecule has 0 radical (unpaired) electrons. The maximum atomic E-state index is 11.7. The molecule has 2 heterocycles. The molecule has 0 bridgehead atoms. The molecule has 4 nitrogen and oxygen atoms in total. The SMILES string of the molecule is O=c1[nH]c(=O)n(Cc2csc3c(Cl)cccc23)cc1Cl. The first-order chi connectivity index (χ1) is 9.56. The van der Waals surface area contributed by atoms with E-state index in [4.69, 9.17) is 23.2 Å². The summed E-state index contributed by atoms with van der Waals surface area (Å²) >= 11 is 13.4. The fourth-order valence-corrected chi connectivity index (χ4v) is 3.42. The Morgan fingerprint density at radius 3 is 2.80 bits per heavy atom. The van der Waals surface area contributed by atoms with Crippen molar-refractivity contribution in [1.82, 2.24) is 9.55 Å². The van der Waals surface area contributed by atoms with Gasteiger partial charge in [0.05, 0.1) is 16.3 Å². The predicted molar refractivity (Wildman–Crippen MR) is 82.3 cm³/mol. The maximum Gasteiger partial charge on any atom is 0.328 e. The number of rotatable bonds is 2. The quantitative estimate of drug-likeness (QED) is 0.786. The van der Waals surface area contributed by atoms with E-state index in [9.17, 15) is 9.59 Å². The number of fused-ring (bicyclic) bond motifs is 1. The molecule has 0 unspecified atom stereocenters. The molecule has 0 fully saturated rings. The number of nitrogens with one attached hydrogen (secondary N) is 1. The van der Waals surface area contributed by atoms with Gasteiger partial charge in [-0.15, -0.1) is 11.3 Å². The van der Waals surface area contributed by atoms with Gasteiger partial charge in [0, 0.05) is 6.20 Å². The normalized spacial score (nSPS) is 11.1. The monoisotopic (exact) mass is 326 g/mol. The molecule has 1 N–H and O–H groups in total. The van der Waals surface area contributed by atoms with Crippen molar-refractivity contribution in [2.75, 3.05) is 0 Å². The van der Waals surface area contributed by atoms with Gasteiger partial charge in [-0.2, -0.15) is 0 Å². The minimum atomic E-state index is -0.578. The second-order valence-electron chi connectivity index (χ2n) is 4.24. The van der Waals surface area contributed by atoms with Crippen molar-refractivity contribution in [3.63, 3.8) is 0 Å². The number of hydrogen-bond acceptors (Lipinski definition) is 3. The second kappa shape index (κ2) is 5.09. The van der Waals surface area contributed by atoms with Gasteiger partial charge in [-0.05, 0) is 22.4 Å². The summed E-state index contributed by atoms with van der Waals surface area (Å²) in [6.07, 6.45) is 1.34. The summed E-state index contributed by atoms with van der Waals surface area (Å²) in [5.74, 6) is 0. The van der Waals surface area contributed by atoms with E-state index in [1.807, 2.05) is 23.6 Å². The average molecular weight is 327 g/mol. The summed E-state index contributed by atoms with van der Waals surface area (Å²) in [5.41, 5.74) is -0.107. The van der Waals surface area contributed by atoms with Gasteiger partial charge in [0.15, 0.2) is 0 Å². The summed E-state index contributed by atoms with van der Waals surface area (Å²) in [6, 6.07) is 5.64.